The van der Waals surface area contributed by atoms with Crippen LogP contribution in [0.4, 0.5) is 0 Å². The molecule has 0 bridgehead atoms. The molecule has 2 N–H and O–H groups in total. The number of nitrogens with two attached hydrogens (primary N) is 1. The quantitative estimate of drug-likeness (QED) is 0.929. The largest absolute Gasteiger partial charge is 0.338 e. The lowest BCUT2D eigenvalue weighted by atomic mass is 9.90. The van der Waals surface area contributed by atoms with Gasteiger partial charge in [0.15, 0.2) is 0 Å². The zero-order chi connectivity index (χ0) is 14.8. The van der Waals surface area contributed by atoms with Crippen molar-refractivity contribution in [1.82, 2.24) is 14.3 Å². The summed E-state index contributed by atoms with van der Waals surface area (Å²) in [6.45, 7) is 3.54. The fraction of sp³-hybridized carbons (Fsp3) is 0.500. The Morgan fingerprint density at radius 1 is 1.48 bits per heavy atom. The number of pyridine rings is 1. The molecule has 1 aliphatic rings. The summed E-state index contributed by atoms with van der Waals surface area (Å²) in [6, 6.07) is 6.02. The minimum absolute atomic E-state index is 0.139. The van der Waals surface area contributed by atoms with Gasteiger partial charge in [-0.2, -0.15) is 0 Å². The van der Waals surface area contributed by atoms with Crippen LogP contribution in [0.25, 0.3) is 5.65 Å². The number of imidazole rings is 1. The van der Waals surface area contributed by atoms with Gasteiger partial charge in [-0.25, -0.2) is 4.98 Å². The van der Waals surface area contributed by atoms with E-state index < -0.39 is 0 Å². The van der Waals surface area contributed by atoms with Crippen molar-refractivity contribution in [1.29, 1.82) is 0 Å². The number of likely N-dealkylation sites (tertiary alicyclic amines) is 1. The van der Waals surface area contributed by atoms with Gasteiger partial charge in [0.25, 0.3) is 0 Å². The molecule has 3 rings (SSSR count). The van der Waals surface area contributed by atoms with Gasteiger partial charge in [0.05, 0.1) is 12.1 Å². The molecule has 0 aromatic carbocycles. The Morgan fingerprint density at radius 2 is 2.33 bits per heavy atom. The molecule has 0 radical (unpaired) electrons. The van der Waals surface area contributed by atoms with E-state index in [9.17, 15) is 4.79 Å². The topological polar surface area (TPSA) is 63.6 Å². The van der Waals surface area contributed by atoms with E-state index in [1.54, 1.807) is 0 Å². The lowest BCUT2D eigenvalue weighted by molar-refractivity contribution is -0.135. The minimum atomic E-state index is 0.139. The highest BCUT2D eigenvalue weighted by Crippen LogP contribution is 2.23. The van der Waals surface area contributed by atoms with Crippen LogP contribution in [0.3, 0.4) is 0 Å². The van der Waals surface area contributed by atoms with E-state index in [-0.39, 0.29) is 11.9 Å². The average Bonchev–Trinajstić information content (AvgIpc) is 2.89. The first-order chi connectivity index (χ1) is 10.2. The first-order valence-corrected chi connectivity index (χ1v) is 7.61. The zero-order valence-electron chi connectivity index (χ0n) is 12.4. The van der Waals surface area contributed by atoms with Crippen molar-refractivity contribution >= 4 is 11.6 Å². The van der Waals surface area contributed by atoms with Gasteiger partial charge in [-0.3, -0.25) is 4.79 Å². The van der Waals surface area contributed by atoms with Crippen LogP contribution >= 0.6 is 0 Å². The molecule has 21 heavy (non-hydrogen) atoms. The second-order valence-corrected chi connectivity index (χ2v) is 5.88. The smallest absolute Gasteiger partial charge is 0.228 e. The molecule has 112 valence electrons. The van der Waals surface area contributed by atoms with Gasteiger partial charge < -0.3 is 15.0 Å². The van der Waals surface area contributed by atoms with Crippen LogP contribution in [0.15, 0.2) is 30.6 Å². The lowest BCUT2D eigenvalue weighted by Gasteiger charge is -2.39. The van der Waals surface area contributed by atoms with Crippen LogP contribution in [0.1, 0.15) is 25.5 Å². The van der Waals surface area contributed by atoms with E-state index in [0.717, 1.165) is 30.7 Å². The zero-order valence-corrected chi connectivity index (χ0v) is 12.4. The summed E-state index contributed by atoms with van der Waals surface area (Å²) in [5.74, 6) is 0.620. The molecule has 0 saturated carbocycles. The first kappa shape index (κ1) is 14.1. The predicted octanol–water partition coefficient (Wildman–Crippen LogP) is 1.46. The fourth-order valence-electron chi connectivity index (χ4n) is 3.25. The van der Waals surface area contributed by atoms with Crippen molar-refractivity contribution < 1.29 is 4.79 Å². The van der Waals surface area contributed by atoms with Crippen molar-refractivity contribution in [3.05, 3.63) is 36.3 Å². The van der Waals surface area contributed by atoms with Gasteiger partial charge in [-0.05, 0) is 30.9 Å². The maximum Gasteiger partial charge on any atom is 0.228 e. The molecule has 0 unspecified atom stereocenters. The van der Waals surface area contributed by atoms with Crippen molar-refractivity contribution in [2.75, 3.05) is 13.1 Å². The molecule has 3 heterocycles. The van der Waals surface area contributed by atoms with Gasteiger partial charge in [0.2, 0.25) is 5.91 Å². The Kier molecular flexibility index (Phi) is 3.92. The van der Waals surface area contributed by atoms with Crippen LogP contribution < -0.4 is 5.73 Å². The summed E-state index contributed by atoms with van der Waals surface area (Å²) in [5.41, 5.74) is 7.56. The van der Waals surface area contributed by atoms with E-state index in [0.29, 0.717) is 18.9 Å². The van der Waals surface area contributed by atoms with Gasteiger partial charge in [0.1, 0.15) is 5.65 Å². The lowest BCUT2D eigenvalue weighted by Crippen LogP contribution is -2.51. The van der Waals surface area contributed by atoms with E-state index in [1.807, 2.05) is 39.9 Å². The number of nitrogens with zero attached hydrogens (tertiary/aromatic N) is 3. The van der Waals surface area contributed by atoms with Gasteiger partial charge >= 0.3 is 0 Å². The fourth-order valence-corrected chi connectivity index (χ4v) is 3.25. The highest BCUT2D eigenvalue weighted by Gasteiger charge is 2.30. The number of aromatic nitrogens is 2. The van der Waals surface area contributed by atoms with Crippen molar-refractivity contribution in [2.45, 2.75) is 32.2 Å². The van der Waals surface area contributed by atoms with Crippen LogP contribution in [-0.4, -0.2) is 39.3 Å². The molecule has 1 aliphatic heterocycles. The first-order valence-electron chi connectivity index (χ1n) is 7.61. The second-order valence-electron chi connectivity index (χ2n) is 5.88. The third kappa shape index (κ3) is 2.78. The van der Waals surface area contributed by atoms with Crippen LogP contribution in [-0.2, 0) is 11.2 Å². The normalized spacial score (nSPS) is 22.7. The van der Waals surface area contributed by atoms with Gasteiger partial charge in [-0.1, -0.05) is 13.0 Å². The Bertz CT molecular complexity index is 603. The monoisotopic (exact) mass is 286 g/mol. The molecule has 0 spiro atoms. The third-order valence-electron chi connectivity index (χ3n) is 4.42. The van der Waals surface area contributed by atoms with E-state index in [1.165, 1.54) is 0 Å². The summed E-state index contributed by atoms with van der Waals surface area (Å²) < 4.78 is 1.95. The van der Waals surface area contributed by atoms with Crippen LogP contribution in [0.5, 0.6) is 0 Å². The predicted molar refractivity (Wildman–Crippen MR) is 81.8 cm³/mol. The maximum atomic E-state index is 12.6. The Morgan fingerprint density at radius 3 is 3.10 bits per heavy atom. The summed E-state index contributed by atoms with van der Waals surface area (Å²) in [7, 11) is 0. The summed E-state index contributed by atoms with van der Waals surface area (Å²) >= 11 is 0. The SMILES string of the molecule is C[C@H]1CCCN(C(=O)Cc2cn3ccccc3n2)[C@H]1CN. The molecular weight excluding hydrogens is 264 g/mol. The Labute approximate surface area is 124 Å². The van der Waals surface area contributed by atoms with Crippen LogP contribution in [0, 0.1) is 5.92 Å². The Balaban J connectivity index is 1.75. The summed E-state index contributed by atoms with van der Waals surface area (Å²) in [5, 5.41) is 0. The van der Waals surface area contributed by atoms with Crippen molar-refractivity contribution in [3.8, 4) is 0 Å². The molecule has 2 atom stereocenters. The molecule has 1 fully saturated rings. The summed E-state index contributed by atoms with van der Waals surface area (Å²) in [6.07, 6.45) is 6.44. The van der Waals surface area contributed by atoms with Crippen molar-refractivity contribution in [2.24, 2.45) is 11.7 Å². The molecule has 1 saturated heterocycles. The molecule has 5 heteroatoms. The number of hydrogen-bond donors (Lipinski definition) is 1. The maximum absolute atomic E-state index is 12.6. The van der Waals surface area contributed by atoms with E-state index >= 15 is 0 Å². The molecular formula is C16H22N4O. The van der Waals surface area contributed by atoms with Gasteiger partial charge in [0, 0.05) is 31.5 Å². The molecule has 0 aliphatic carbocycles. The molecule has 1 amide bonds. The standard InChI is InChI=1S/C16H22N4O/c1-12-5-4-8-20(14(12)10-17)16(21)9-13-11-19-7-3-2-6-15(19)18-13/h2-3,6-7,11-12,14H,4-5,8-10,17H2,1H3/t12-,14-/m0/s1. The minimum Gasteiger partial charge on any atom is -0.338 e. The average molecular weight is 286 g/mol. The third-order valence-corrected chi connectivity index (χ3v) is 4.42. The molecule has 2 aromatic heterocycles. The number of carbonyl (C=O) groups excluding carboxylic acids is 1. The number of hydrogen-bond acceptors (Lipinski definition) is 3. The van der Waals surface area contributed by atoms with E-state index in [2.05, 4.69) is 11.9 Å². The number of carbonyl (C=O) groups is 1. The number of amides is 1. The highest BCUT2D eigenvalue weighted by atomic mass is 16.2. The highest BCUT2D eigenvalue weighted by molar-refractivity contribution is 5.79. The van der Waals surface area contributed by atoms with Crippen molar-refractivity contribution in [3.63, 3.8) is 0 Å². The van der Waals surface area contributed by atoms with Gasteiger partial charge in [-0.15, -0.1) is 0 Å². The summed E-state index contributed by atoms with van der Waals surface area (Å²) in [4.78, 5) is 19.0. The second kappa shape index (κ2) is 5.85. The molecule has 2 aromatic rings. The number of piperidine rings is 1. The van der Waals surface area contributed by atoms with E-state index in [4.69, 9.17) is 5.73 Å². The Hall–Kier alpha value is -1.88. The number of fused-ring (bicyclic) bond motifs is 1. The molecule has 5 nitrogen and oxygen atoms in total. The van der Waals surface area contributed by atoms with Crippen LogP contribution in [0.2, 0.25) is 0 Å². The number of rotatable bonds is 3.